The molecule has 2 nitrogen and oxygen atoms in total. The van der Waals surface area contributed by atoms with E-state index >= 15 is 0 Å². The van der Waals surface area contributed by atoms with Crippen molar-refractivity contribution >= 4 is 5.97 Å². The van der Waals surface area contributed by atoms with Gasteiger partial charge in [0.25, 0.3) is 0 Å². The summed E-state index contributed by atoms with van der Waals surface area (Å²) in [5.74, 6) is 0.915. The van der Waals surface area contributed by atoms with Crippen LogP contribution >= 0.6 is 0 Å². The molecule has 0 radical (unpaired) electrons. The Morgan fingerprint density at radius 3 is 2.16 bits per heavy atom. The summed E-state index contributed by atoms with van der Waals surface area (Å²) in [7, 11) is 1.48. The minimum Gasteiger partial charge on any atom is -0.469 e. The molecule has 1 aromatic carbocycles. The molecule has 1 aliphatic rings. The minimum absolute atomic E-state index is 0.0881. The summed E-state index contributed by atoms with van der Waals surface area (Å²) in [5.41, 5.74) is 6.75. The van der Waals surface area contributed by atoms with E-state index in [9.17, 15) is 4.79 Å². The molecular weight excluding hydrogens is 236 g/mol. The normalized spacial score (nSPS) is 16.3. The lowest BCUT2D eigenvalue weighted by atomic mass is 9.82. The van der Waals surface area contributed by atoms with Crippen LogP contribution in [0.2, 0.25) is 0 Å². The van der Waals surface area contributed by atoms with Crippen LogP contribution in [0.3, 0.4) is 0 Å². The highest BCUT2D eigenvalue weighted by molar-refractivity contribution is 5.71. The molecule has 0 saturated heterocycles. The Kier molecular flexibility index (Phi) is 3.98. The van der Waals surface area contributed by atoms with Gasteiger partial charge in [0.2, 0.25) is 0 Å². The number of aryl methyl sites for hydroxylation is 2. The molecule has 1 aliphatic carbocycles. The number of methoxy groups -OCH3 is 1. The van der Waals surface area contributed by atoms with Crippen molar-refractivity contribution in [2.45, 2.75) is 52.9 Å². The van der Waals surface area contributed by atoms with Crippen molar-refractivity contribution in [3.05, 3.63) is 33.9 Å². The van der Waals surface area contributed by atoms with Gasteiger partial charge < -0.3 is 4.74 Å². The lowest BCUT2D eigenvalue weighted by Gasteiger charge is -2.23. The summed E-state index contributed by atoms with van der Waals surface area (Å²) in [6.07, 6.45) is 3.01. The average Bonchev–Trinajstić information content (AvgIpc) is 3.19. The van der Waals surface area contributed by atoms with Crippen molar-refractivity contribution < 1.29 is 9.53 Å². The van der Waals surface area contributed by atoms with E-state index in [4.69, 9.17) is 4.74 Å². The molecule has 0 N–H and O–H groups in total. The zero-order chi connectivity index (χ0) is 14.2. The molecule has 104 valence electrons. The number of hydrogen-bond donors (Lipinski definition) is 0. The van der Waals surface area contributed by atoms with Crippen molar-refractivity contribution in [3.8, 4) is 0 Å². The first kappa shape index (κ1) is 14.1. The van der Waals surface area contributed by atoms with Crippen molar-refractivity contribution in [3.63, 3.8) is 0 Å². The van der Waals surface area contributed by atoms with Crippen LogP contribution in [0.15, 0.2) is 6.07 Å². The molecule has 0 heterocycles. The van der Waals surface area contributed by atoms with Gasteiger partial charge in [-0.05, 0) is 80.2 Å². The zero-order valence-corrected chi connectivity index (χ0v) is 12.7. The maximum absolute atomic E-state index is 11.7. The zero-order valence-electron chi connectivity index (χ0n) is 12.7. The van der Waals surface area contributed by atoms with Gasteiger partial charge >= 0.3 is 5.97 Å². The second-order valence-corrected chi connectivity index (χ2v) is 5.90. The molecule has 0 bridgehead atoms. The fraction of sp³-hybridized carbons (Fsp3) is 0.588. The van der Waals surface area contributed by atoms with Gasteiger partial charge in [-0.15, -0.1) is 0 Å². The number of benzene rings is 1. The van der Waals surface area contributed by atoms with Crippen LogP contribution in [0.25, 0.3) is 0 Å². The fourth-order valence-electron chi connectivity index (χ4n) is 3.07. The van der Waals surface area contributed by atoms with Gasteiger partial charge in [-0.25, -0.2) is 0 Å². The predicted molar refractivity (Wildman–Crippen MR) is 77.5 cm³/mol. The second-order valence-electron chi connectivity index (χ2n) is 5.90. The quantitative estimate of drug-likeness (QED) is 0.765. The molecule has 2 rings (SSSR count). The molecule has 2 heteroatoms. The van der Waals surface area contributed by atoms with E-state index in [1.165, 1.54) is 47.8 Å². The van der Waals surface area contributed by atoms with Crippen LogP contribution < -0.4 is 0 Å². The summed E-state index contributed by atoms with van der Waals surface area (Å²) in [6, 6.07) is 2.25. The molecule has 1 atom stereocenters. The number of esters is 1. The van der Waals surface area contributed by atoms with Crippen LogP contribution in [-0.4, -0.2) is 13.1 Å². The van der Waals surface area contributed by atoms with Crippen LogP contribution in [0.4, 0.5) is 0 Å². The molecule has 1 fully saturated rings. The lowest BCUT2D eigenvalue weighted by Crippen LogP contribution is -2.14. The third-order valence-corrected chi connectivity index (χ3v) is 4.60. The SMILES string of the molecule is COC(=O)CC(c1c(C)c(C)cc(C)c1C)C1CC1. The summed E-state index contributed by atoms with van der Waals surface area (Å²) in [6.45, 7) is 8.69. The maximum atomic E-state index is 11.7. The van der Waals surface area contributed by atoms with Crippen LogP contribution in [0, 0.1) is 33.6 Å². The molecular formula is C17H24O2. The molecule has 0 aliphatic heterocycles. The van der Waals surface area contributed by atoms with Crippen LogP contribution in [0.5, 0.6) is 0 Å². The molecule has 0 aromatic heterocycles. The first-order chi connectivity index (χ1) is 8.95. The average molecular weight is 260 g/mol. The number of rotatable bonds is 4. The van der Waals surface area contributed by atoms with Gasteiger partial charge in [-0.1, -0.05) is 6.07 Å². The third-order valence-electron chi connectivity index (χ3n) is 4.60. The fourth-order valence-corrected chi connectivity index (χ4v) is 3.07. The maximum Gasteiger partial charge on any atom is 0.306 e. The first-order valence-corrected chi connectivity index (χ1v) is 7.09. The van der Waals surface area contributed by atoms with Crippen molar-refractivity contribution in [1.29, 1.82) is 0 Å². The Hall–Kier alpha value is -1.31. The summed E-state index contributed by atoms with van der Waals surface area (Å²) >= 11 is 0. The topological polar surface area (TPSA) is 26.3 Å². The van der Waals surface area contributed by atoms with E-state index in [2.05, 4.69) is 33.8 Å². The molecule has 1 aromatic rings. The van der Waals surface area contributed by atoms with E-state index in [0.29, 0.717) is 18.3 Å². The van der Waals surface area contributed by atoms with E-state index in [-0.39, 0.29) is 5.97 Å². The summed E-state index contributed by atoms with van der Waals surface area (Å²) in [4.78, 5) is 11.7. The molecule has 1 saturated carbocycles. The number of hydrogen-bond acceptors (Lipinski definition) is 2. The van der Waals surface area contributed by atoms with Gasteiger partial charge in [0.05, 0.1) is 13.5 Å². The lowest BCUT2D eigenvalue weighted by molar-refractivity contribution is -0.141. The molecule has 0 amide bonds. The second kappa shape index (κ2) is 5.36. The number of carbonyl (C=O) groups excluding carboxylic acids is 1. The number of ether oxygens (including phenoxy) is 1. The van der Waals surface area contributed by atoms with E-state index < -0.39 is 0 Å². The smallest absolute Gasteiger partial charge is 0.306 e. The third kappa shape index (κ3) is 2.83. The van der Waals surface area contributed by atoms with E-state index in [0.717, 1.165) is 0 Å². The standard InChI is InChI=1S/C17H24O2/c1-10-8-11(2)13(4)17(12(10)3)15(14-6-7-14)9-16(18)19-5/h8,14-15H,6-7,9H2,1-5H3. The Labute approximate surface area is 116 Å². The Balaban J connectivity index is 2.44. The molecule has 1 unspecified atom stereocenters. The number of carbonyl (C=O) groups is 1. The summed E-state index contributed by atoms with van der Waals surface area (Å²) in [5, 5.41) is 0. The van der Waals surface area contributed by atoms with Crippen LogP contribution in [-0.2, 0) is 9.53 Å². The molecule has 19 heavy (non-hydrogen) atoms. The molecule has 0 spiro atoms. The highest BCUT2D eigenvalue weighted by Crippen LogP contribution is 2.47. The van der Waals surface area contributed by atoms with Crippen molar-refractivity contribution in [2.75, 3.05) is 7.11 Å². The predicted octanol–water partition coefficient (Wildman–Crippen LogP) is 3.98. The van der Waals surface area contributed by atoms with Gasteiger partial charge in [0, 0.05) is 0 Å². The largest absolute Gasteiger partial charge is 0.469 e. The Morgan fingerprint density at radius 1 is 1.21 bits per heavy atom. The van der Waals surface area contributed by atoms with Gasteiger partial charge in [0.1, 0.15) is 0 Å². The van der Waals surface area contributed by atoms with Crippen molar-refractivity contribution in [1.82, 2.24) is 0 Å². The van der Waals surface area contributed by atoms with Crippen molar-refractivity contribution in [2.24, 2.45) is 5.92 Å². The highest BCUT2D eigenvalue weighted by atomic mass is 16.5. The minimum atomic E-state index is -0.0881. The van der Waals surface area contributed by atoms with Crippen LogP contribution in [0.1, 0.15) is 53.0 Å². The van der Waals surface area contributed by atoms with Gasteiger partial charge in [-0.3, -0.25) is 4.79 Å². The van der Waals surface area contributed by atoms with E-state index in [1.54, 1.807) is 0 Å². The first-order valence-electron chi connectivity index (χ1n) is 7.09. The van der Waals surface area contributed by atoms with Gasteiger partial charge in [0.15, 0.2) is 0 Å². The highest BCUT2D eigenvalue weighted by Gasteiger charge is 2.36. The summed E-state index contributed by atoms with van der Waals surface area (Å²) < 4.78 is 4.88. The Morgan fingerprint density at radius 2 is 1.74 bits per heavy atom. The van der Waals surface area contributed by atoms with E-state index in [1.807, 2.05) is 0 Å². The van der Waals surface area contributed by atoms with Gasteiger partial charge in [-0.2, -0.15) is 0 Å². The monoisotopic (exact) mass is 260 g/mol. The Bertz CT molecular complexity index is 472.